The Labute approximate surface area is 123 Å². The number of nitrogens with one attached hydrogen (secondary N) is 1. The molecule has 1 amide bonds. The quantitative estimate of drug-likeness (QED) is 0.795. The molecule has 2 heterocycles. The molecule has 21 heavy (non-hydrogen) atoms. The van der Waals surface area contributed by atoms with Crippen LogP contribution < -0.4 is 5.32 Å². The fourth-order valence-electron chi connectivity index (χ4n) is 2.26. The van der Waals surface area contributed by atoms with Gasteiger partial charge in [0.1, 0.15) is 5.65 Å². The van der Waals surface area contributed by atoms with Gasteiger partial charge in [0.25, 0.3) is 0 Å². The lowest BCUT2D eigenvalue weighted by Gasteiger charge is -2.03. The van der Waals surface area contributed by atoms with E-state index in [1.165, 1.54) is 0 Å². The van der Waals surface area contributed by atoms with Crippen LogP contribution >= 0.6 is 0 Å². The van der Waals surface area contributed by atoms with Gasteiger partial charge in [-0.1, -0.05) is 25.1 Å². The molecule has 0 saturated carbocycles. The van der Waals surface area contributed by atoms with Crippen molar-refractivity contribution in [1.82, 2.24) is 9.38 Å². The number of pyridine rings is 1. The molecule has 4 nitrogen and oxygen atoms in total. The van der Waals surface area contributed by atoms with E-state index in [4.69, 9.17) is 0 Å². The average molecular weight is 279 g/mol. The van der Waals surface area contributed by atoms with Gasteiger partial charge in [-0.3, -0.25) is 4.79 Å². The minimum absolute atomic E-state index is 0.0195. The van der Waals surface area contributed by atoms with Gasteiger partial charge in [-0.15, -0.1) is 0 Å². The number of fused-ring (bicyclic) bond motifs is 1. The first kappa shape index (κ1) is 13.4. The Balaban J connectivity index is 1.92. The Bertz CT molecular complexity index is 787. The Kier molecular flexibility index (Phi) is 3.44. The van der Waals surface area contributed by atoms with Gasteiger partial charge in [-0.05, 0) is 31.2 Å². The summed E-state index contributed by atoms with van der Waals surface area (Å²) in [5.74, 6) is 0.0195. The number of hydrogen-bond acceptors (Lipinski definition) is 2. The third-order valence-electron chi connectivity index (χ3n) is 3.48. The molecule has 3 aromatic rings. The number of rotatable bonds is 3. The van der Waals surface area contributed by atoms with Gasteiger partial charge >= 0.3 is 0 Å². The van der Waals surface area contributed by atoms with Gasteiger partial charge in [0, 0.05) is 29.6 Å². The summed E-state index contributed by atoms with van der Waals surface area (Å²) in [7, 11) is 0. The van der Waals surface area contributed by atoms with Gasteiger partial charge < -0.3 is 9.72 Å². The van der Waals surface area contributed by atoms with Crippen molar-refractivity contribution < 1.29 is 4.79 Å². The van der Waals surface area contributed by atoms with E-state index in [0.29, 0.717) is 6.42 Å². The summed E-state index contributed by atoms with van der Waals surface area (Å²) < 4.78 is 2.07. The van der Waals surface area contributed by atoms with Crippen LogP contribution in [-0.4, -0.2) is 15.3 Å². The second-order valence-corrected chi connectivity index (χ2v) is 5.00. The Morgan fingerprint density at radius 3 is 2.62 bits per heavy atom. The molecule has 106 valence electrons. The van der Waals surface area contributed by atoms with Crippen LogP contribution in [0.3, 0.4) is 0 Å². The van der Waals surface area contributed by atoms with Gasteiger partial charge in [0.2, 0.25) is 5.91 Å². The predicted molar refractivity (Wildman–Crippen MR) is 84.3 cm³/mol. The fraction of sp³-hybridized carbons (Fsp3) is 0.176. The first-order valence-corrected chi connectivity index (χ1v) is 7.02. The van der Waals surface area contributed by atoms with E-state index in [-0.39, 0.29) is 5.91 Å². The maximum Gasteiger partial charge on any atom is 0.224 e. The third-order valence-corrected chi connectivity index (χ3v) is 3.48. The number of carbonyl (C=O) groups excluding carboxylic acids is 1. The lowest BCUT2D eigenvalue weighted by atomic mass is 10.1. The first-order valence-electron chi connectivity index (χ1n) is 7.02. The van der Waals surface area contributed by atoms with Crippen molar-refractivity contribution in [2.75, 3.05) is 5.32 Å². The topological polar surface area (TPSA) is 46.4 Å². The average Bonchev–Trinajstić information content (AvgIpc) is 2.93. The number of amides is 1. The van der Waals surface area contributed by atoms with Gasteiger partial charge in [-0.25, -0.2) is 4.98 Å². The number of imidazole rings is 1. The van der Waals surface area contributed by atoms with Crippen LogP contribution in [0.15, 0.2) is 48.7 Å². The van der Waals surface area contributed by atoms with Crippen molar-refractivity contribution in [1.29, 1.82) is 0 Å². The third kappa shape index (κ3) is 2.65. The number of carbonyl (C=O) groups is 1. The number of benzene rings is 1. The smallest absolute Gasteiger partial charge is 0.224 e. The molecule has 0 aliphatic rings. The number of anilines is 1. The Morgan fingerprint density at radius 1 is 1.19 bits per heavy atom. The van der Waals surface area contributed by atoms with E-state index in [2.05, 4.69) is 27.7 Å². The molecule has 0 aliphatic carbocycles. The molecule has 1 aromatic carbocycles. The summed E-state index contributed by atoms with van der Waals surface area (Å²) in [6.07, 6.45) is 2.51. The molecule has 0 saturated heterocycles. The van der Waals surface area contributed by atoms with Crippen LogP contribution in [0, 0.1) is 6.92 Å². The van der Waals surface area contributed by atoms with Crippen molar-refractivity contribution in [2.45, 2.75) is 20.3 Å². The molecule has 1 N–H and O–H groups in total. The van der Waals surface area contributed by atoms with E-state index < -0.39 is 0 Å². The lowest BCUT2D eigenvalue weighted by Crippen LogP contribution is -2.08. The number of hydrogen-bond donors (Lipinski definition) is 1. The Morgan fingerprint density at radius 2 is 1.95 bits per heavy atom. The predicted octanol–water partition coefficient (Wildman–Crippen LogP) is 3.66. The molecule has 0 unspecified atom stereocenters. The van der Waals surface area contributed by atoms with Gasteiger partial charge in [0.05, 0.1) is 5.69 Å². The molecule has 0 aliphatic heterocycles. The normalized spacial score (nSPS) is 10.8. The summed E-state index contributed by atoms with van der Waals surface area (Å²) in [5.41, 5.74) is 4.86. The van der Waals surface area contributed by atoms with Crippen molar-refractivity contribution >= 4 is 17.2 Å². The molecule has 3 rings (SSSR count). The van der Waals surface area contributed by atoms with Crippen LogP contribution in [0.5, 0.6) is 0 Å². The maximum atomic E-state index is 11.4. The van der Waals surface area contributed by atoms with Crippen LogP contribution in [0.1, 0.15) is 19.0 Å². The van der Waals surface area contributed by atoms with E-state index in [9.17, 15) is 4.79 Å². The van der Waals surface area contributed by atoms with E-state index in [1.54, 1.807) is 0 Å². The molecule has 0 spiro atoms. The number of nitrogens with zero attached hydrogens (tertiary/aromatic N) is 2. The molecule has 0 radical (unpaired) electrons. The van der Waals surface area contributed by atoms with Crippen molar-refractivity contribution in [3.63, 3.8) is 0 Å². The number of aryl methyl sites for hydroxylation is 1. The van der Waals surface area contributed by atoms with Crippen LogP contribution in [0.2, 0.25) is 0 Å². The standard InChI is InChI=1S/C17H17N3O/c1-3-17(21)18-14-9-7-13(8-10-14)15-11-20-12(2)5-4-6-16(20)19-15/h4-11H,3H2,1-2H3,(H,18,21). The molecular weight excluding hydrogens is 262 g/mol. The van der Waals surface area contributed by atoms with Gasteiger partial charge in [-0.2, -0.15) is 0 Å². The maximum absolute atomic E-state index is 11.4. The zero-order valence-electron chi connectivity index (χ0n) is 12.1. The first-order chi connectivity index (χ1) is 10.2. The molecule has 2 aromatic heterocycles. The fourth-order valence-corrected chi connectivity index (χ4v) is 2.26. The SMILES string of the molecule is CCC(=O)Nc1ccc(-c2cn3c(C)cccc3n2)cc1. The van der Waals surface area contributed by atoms with Crippen LogP contribution in [-0.2, 0) is 4.79 Å². The van der Waals surface area contributed by atoms with Crippen molar-refractivity contribution in [3.8, 4) is 11.3 Å². The van der Waals surface area contributed by atoms with E-state index in [1.807, 2.05) is 49.5 Å². The molecule has 0 atom stereocenters. The van der Waals surface area contributed by atoms with Crippen molar-refractivity contribution in [3.05, 3.63) is 54.4 Å². The highest BCUT2D eigenvalue weighted by Gasteiger charge is 2.06. The summed E-state index contributed by atoms with van der Waals surface area (Å²) in [6.45, 7) is 3.89. The highest BCUT2D eigenvalue weighted by molar-refractivity contribution is 5.90. The summed E-state index contributed by atoms with van der Waals surface area (Å²) >= 11 is 0. The highest BCUT2D eigenvalue weighted by Crippen LogP contribution is 2.22. The van der Waals surface area contributed by atoms with Crippen LogP contribution in [0.4, 0.5) is 5.69 Å². The van der Waals surface area contributed by atoms with E-state index in [0.717, 1.165) is 28.3 Å². The second kappa shape index (κ2) is 5.40. The van der Waals surface area contributed by atoms with Crippen molar-refractivity contribution in [2.24, 2.45) is 0 Å². The molecule has 0 fully saturated rings. The molecule has 0 bridgehead atoms. The summed E-state index contributed by atoms with van der Waals surface area (Å²) in [6, 6.07) is 13.8. The minimum atomic E-state index is 0.0195. The van der Waals surface area contributed by atoms with E-state index >= 15 is 0 Å². The number of aromatic nitrogens is 2. The molecular formula is C17H17N3O. The lowest BCUT2D eigenvalue weighted by molar-refractivity contribution is -0.115. The van der Waals surface area contributed by atoms with Crippen LogP contribution in [0.25, 0.3) is 16.9 Å². The summed E-state index contributed by atoms with van der Waals surface area (Å²) in [4.78, 5) is 16.0. The van der Waals surface area contributed by atoms with Gasteiger partial charge in [0.15, 0.2) is 0 Å². The monoisotopic (exact) mass is 279 g/mol. The second-order valence-electron chi connectivity index (χ2n) is 5.00. The zero-order chi connectivity index (χ0) is 14.8. The minimum Gasteiger partial charge on any atom is -0.326 e. The summed E-state index contributed by atoms with van der Waals surface area (Å²) in [5, 5.41) is 2.84. The largest absolute Gasteiger partial charge is 0.326 e. The molecule has 4 heteroatoms. The highest BCUT2D eigenvalue weighted by atomic mass is 16.1. The zero-order valence-corrected chi connectivity index (χ0v) is 12.1. The Hall–Kier alpha value is -2.62.